The molecule has 0 aliphatic rings. The van der Waals surface area contributed by atoms with Crippen molar-refractivity contribution in [2.24, 2.45) is 0 Å². The van der Waals surface area contributed by atoms with Crippen molar-refractivity contribution in [3.63, 3.8) is 0 Å². The SMILES string of the molecule is COc1ccc(NC(=O)CNc2cc(OC)c(Cl)cc2OC)cc1. The molecule has 2 N–H and O–H groups in total. The first-order chi connectivity index (χ1) is 11.6. The van der Waals surface area contributed by atoms with Gasteiger partial charge >= 0.3 is 0 Å². The summed E-state index contributed by atoms with van der Waals surface area (Å²) in [6.45, 7) is 0.0627. The molecule has 0 bridgehead atoms. The summed E-state index contributed by atoms with van der Waals surface area (Å²) < 4.78 is 15.5. The minimum absolute atomic E-state index is 0.0627. The average Bonchev–Trinajstić information content (AvgIpc) is 2.60. The van der Waals surface area contributed by atoms with E-state index in [0.29, 0.717) is 27.9 Å². The highest BCUT2D eigenvalue weighted by Gasteiger charge is 2.11. The molecule has 0 aliphatic carbocycles. The fraction of sp³-hybridized carbons (Fsp3) is 0.235. The lowest BCUT2D eigenvalue weighted by molar-refractivity contribution is -0.114. The zero-order chi connectivity index (χ0) is 17.5. The van der Waals surface area contributed by atoms with Crippen molar-refractivity contribution in [2.45, 2.75) is 0 Å². The van der Waals surface area contributed by atoms with E-state index in [2.05, 4.69) is 10.6 Å². The number of amides is 1. The number of nitrogens with one attached hydrogen (secondary N) is 2. The van der Waals surface area contributed by atoms with Gasteiger partial charge in [0.1, 0.15) is 17.2 Å². The maximum atomic E-state index is 12.1. The summed E-state index contributed by atoms with van der Waals surface area (Å²) >= 11 is 6.05. The van der Waals surface area contributed by atoms with Crippen LogP contribution < -0.4 is 24.8 Å². The van der Waals surface area contributed by atoms with E-state index in [1.54, 1.807) is 43.5 Å². The van der Waals surface area contributed by atoms with E-state index in [1.165, 1.54) is 14.2 Å². The Bertz CT molecular complexity index is 704. The van der Waals surface area contributed by atoms with Gasteiger partial charge in [0.2, 0.25) is 5.91 Å². The number of halogens is 1. The first-order valence-corrected chi connectivity index (χ1v) is 7.54. The van der Waals surface area contributed by atoms with Gasteiger partial charge in [-0.05, 0) is 24.3 Å². The molecular formula is C17H19ClN2O4. The zero-order valence-corrected chi connectivity index (χ0v) is 14.4. The predicted octanol–water partition coefficient (Wildman–Crippen LogP) is 3.42. The van der Waals surface area contributed by atoms with Gasteiger partial charge in [-0.15, -0.1) is 0 Å². The Kier molecular flexibility index (Phi) is 6.14. The number of benzene rings is 2. The van der Waals surface area contributed by atoms with E-state index in [0.717, 1.165) is 5.75 Å². The van der Waals surface area contributed by atoms with Crippen molar-refractivity contribution >= 4 is 28.9 Å². The van der Waals surface area contributed by atoms with Gasteiger partial charge in [0.15, 0.2) is 0 Å². The third-order valence-corrected chi connectivity index (χ3v) is 3.58. The van der Waals surface area contributed by atoms with E-state index in [-0.39, 0.29) is 12.5 Å². The van der Waals surface area contributed by atoms with E-state index < -0.39 is 0 Å². The molecule has 0 aromatic heterocycles. The van der Waals surface area contributed by atoms with Crippen LogP contribution in [0.25, 0.3) is 0 Å². The molecular weight excluding hydrogens is 332 g/mol. The maximum Gasteiger partial charge on any atom is 0.243 e. The van der Waals surface area contributed by atoms with Gasteiger partial charge < -0.3 is 24.8 Å². The van der Waals surface area contributed by atoms with E-state index in [1.807, 2.05) is 0 Å². The molecule has 0 unspecified atom stereocenters. The fourth-order valence-corrected chi connectivity index (χ4v) is 2.28. The van der Waals surface area contributed by atoms with Gasteiger partial charge in [-0.2, -0.15) is 0 Å². The topological polar surface area (TPSA) is 68.8 Å². The molecule has 24 heavy (non-hydrogen) atoms. The molecule has 2 rings (SSSR count). The summed E-state index contributed by atoms with van der Waals surface area (Å²) in [6.07, 6.45) is 0. The minimum Gasteiger partial charge on any atom is -0.497 e. The Hall–Kier alpha value is -2.60. The Balaban J connectivity index is 2.00. The lowest BCUT2D eigenvalue weighted by Crippen LogP contribution is -2.22. The molecule has 2 aromatic rings. The van der Waals surface area contributed by atoms with E-state index in [4.69, 9.17) is 25.8 Å². The second-order valence-corrected chi connectivity index (χ2v) is 5.22. The number of carbonyl (C=O) groups is 1. The second kappa shape index (κ2) is 8.31. The normalized spacial score (nSPS) is 10.0. The summed E-state index contributed by atoms with van der Waals surface area (Å²) in [5.41, 5.74) is 1.30. The number of hydrogen-bond acceptors (Lipinski definition) is 5. The molecule has 0 heterocycles. The van der Waals surface area contributed by atoms with Crippen LogP contribution in [0.3, 0.4) is 0 Å². The first-order valence-electron chi connectivity index (χ1n) is 7.16. The van der Waals surface area contributed by atoms with Gasteiger partial charge in [-0.25, -0.2) is 0 Å². The van der Waals surface area contributed by atoms with Gasteiger partial charge in [0.05, 0.1) is 38.6 Å². The Morgan fingerprint density at radius 1 is 1.00 bits per heavy atom. The quantitative estimate of drug-likeness (QED) is 0.800. The predicted molar refractivity (Wildman–Crippen MR) is 94.7 cm³/mol. The highest BCUT2D eigenvalue weighted by Crippen LogP contribution is 2.35. The molecule has 0 aliphatic heterocycles. The standard InChI is InChI=1S/C17H19ClN2O4/c1-22-12-6-4-11(5-7-12)20-17(21)10-19-14-9-15(23-2)13(18)8-16(14)24-3/h4-9,19H,10H2,1-3H3,(H,20,21). The van der Waals surface area contributed by atoms with Crippen molar-refractivity contribution in [1.29, 1.82) is 0 Å². The number of carbonyl (C=O) groups excluding carboxylic acids is 1. The van der Waals surface area contributed by atoms with Crippen LogP contribution in [0.5, 0.6) is 17.2 Å². The van der Waals surface area contributed by atoms with Crippen molar-refractivity contribution in [3.05, 3.63) is 41.4 Å². The van der Waals surface area contributed by atoms with Gasteiger partial charge in [0, 0.05) is 17.8 Å². The van der Waals surface area contributed by atoms with Crippen LogP contribution in [0.4, 0.5) is 11.4 Å². The summed E-state index contributed by atoms with van der Waals surface area (Å²) in [6, 6.07) is 10.4. The van der Waals surface area contributed by atoms with Gasteiger partial charge in [-0.1, -0.05) is 11.6 Å². The number of anilines is 2. The Labute approximate surface area is 145 Å². The minimum atomic E-state index is -0.198. The van der Waals surface area contributed by atoms with Crippen LogP contribution in [-0.2, 0) is 4.79 Å². The highest BCUT2D eigenvalue weighted by atomic mass is 35.5. The van der Waals surface area contributed by atoms with Crippen LogP contribution in [0, 0.1) is 0 Å². The maximum absolute atomic E-state index is 12.1. The lowest BCUT2D eigenvalue weighted by atomic mass is 10.2. The molecule has 0 spiro atoms. The molecule has 7 heteroatoms. The number of rotatable bonds is 7. The zero-order valence-electron chi connectivity index (χ0n) is 13.7. The smallest absolute Gasteiger partial charge is 0.243 e. The summed E-state index contributed by atoms with van der Waals surface area (Å²) in [4.78, 5) is 12.1. The first kappa shape index (κ1) is 17.7. The van der Waals surface area contributed by atoms with Crippen molar-refractivity contribution < 1.29 is 19.0 Å². The Morgan fingerprint density at radius 3 is 2.25 bits per heavy atom. The number of methoxy groups -OCH3 is 3. The number of ether oxygens (including phenoxy) is 3. The molecule has 0 radical (unpaired) electrons. The van der Waals surface area contributed by atoms with Crippen LogP contribution in [-0.4, -0.2) is 33.8 Å². The molecule has 0 fully saturated rings. The fourth-order valence-electron chi connectivity index (χ4n) is 2.05. The largest absolute Gasteiger partial charge is 0.497 e. The summed E-state index contributed by atoms with van der Waals surface area (Å²) in [5.74, 6) is 1.55. The molecule has 0 saturated heterocycles. The van der Waals surface area contributed by atoms with Gasteiger partial charge in [0.25, 0.3) is 0 Å². The molecule has 2 aromatic carbocycles. The van der Waals surface area contributed by atoms with Crippen molar-refractivity contribution in [2.75, 3.05) is 38.5 Å². The molecule has 0 saturated carbocycles. The third kappa shape index (κ3) is 4.45. The second-order valence-electron chi connectivity index (χ2n) is 4.82. The van der Waals surface area contributed by atoms with Crippen molar-refractivity contribution in [3.8, 4) is 17.2 Å². The highest BCUT2D eigenvalue weighted by molar-refractivity contribution is 6.32. The van der Waals surface area contributed by atoms with Crippen LogP contribution in [0.15, 0.2) is 36.4 Å². The Morgan fingerprint density at radius 2 is 1.67 bits per heavy atom. The summed E-state index contributed by atoms with van der Waals surface area (Å²) in [5, 5.41) is 6.23. The average molecular weight is 351 g/mol. The summed E-state index contributed by atoms with van der Waals surface area (Å²) in [7, 11) is 4.64. The van der Waals surface area contributed by atoms with Crippen molar-refractivity contribution in [1.82, 2.24) is 0 Å². The lowest BCUT2D eigenvalue weighted by Gasteiger charge is -2.14. The molecule has 128 valence electrons. The van der Waals surface area contributed by atoms with Gasteiger partial charge in [-0.3, -0.25) is 4.79 Å². The van der Waals surface area contributed by atoms with Crippen LogP contribution >= 0.6 is 11.6 Å². The number of hydrogen-bond donors (Lipinski definition) is 2. The monoisotopic (exact) mass is 350 g/mol. The molecule has 1 amide bonds. The van der Waals surface area contributed by atoms with E-state index in [9.17, 15) is 4.79 Å². The van der Waals surface area contributed by atoms with E-state index >= 15 is 0 Å². The van der Waals surface area contributed by atoms with Crippen LogP contribution in [0.2, 0.25) is 5.02 Å². The van der Waals surface area contributed by atoms with Crippen LogP contribution in [0.1, 0.15) is 0 Å². The molecule has 0 atom stereocenters. The molecule has 6 nitrogen and oxygen atoms in total. The third-order valence-electron chi connectivity index (χ3n) is 3.29.